The first-order chi connectivity index (χ1) is 10.9. The Hall–Kier alpha value is -1.46. The number of H-pyrrole nitrogens is 1. The maximum absolute atomic E-state index is 5.45. The van der Waals surface area contributed by atoms with Crippen molar-refractivity contribution in [3.05, 3.63) is 23.7 Å². The second-order valence-electron chi connectivity index (χ2n) is 6.57. The maximum atomic E-state index is 5.45. The number of imidazole rings is 1. The number of ether oxygens (including phenoxy) is 1. The number of rotatable bonds is 3. The van der Waals surface area contributed by atoms with Crippen molar-refractivity contribution in [3.8, 4) is 0 Å². The lowest BCUT2D eigenvalue weighted by atomic mass is 9.90. The van der Waals surface area contributed by atoms with Crippen LogP contribution < -0.4 is 5.32 Å². The van der Waals surface area contributed by atoms with Gasteiger partial charge in [0.2, 0.25) is 0 Å². The molecule has 5 nitrogen and oxygen atoms in total. The zero-order valence-electron chi connectivity index (χ0n) is 13.0. The first-order valence-corrected chi connectivity index (χ1v) is 8.52. The van der Waals surface area contributed by atoms with Crippen LogP contribution in [0, 0.1) is 5.92 Å². The molecular weight excluding hydrogens is 276 g/mol. The zero-order valence-corrected chi connectivity index (χ0v) is 13.0. The molecule has 2 aromatic heterocycles. The molecule has 0 unspecified atom stereocenters. The predicted molar refractivity (Wildman–Crippen MR) is 86.0 cm³/mol. The monoisotopic (exact) mass is 300 g/mol. The van der Waals surface area contributed by atoms with Crippen LogP contribution in [0.25, 0.3) is 11.2 Å². The lowest BCUT2D eigenvalue weighted by Crippen LogP contribution is -2.26. The first-order valence-electron chi connectivity index (χ1n) is 8.52. The summed E-state index contributed by atoms with van der Waals surface area (Å²) in [4.78, 5) is 12.8. The summed E-state index contributed by atoms with van der Waals surface area (Å²) in [5.74, 6) is 2.41. The molecule has 0 atom stereocenters. The number of nitrogens with one attached hydrogen (secondary N) is 2. The molecule has 2 saturated heterocycles. The Balaban J connectivity index is 1.59. The Labute approximate surface area is 130 Å². The predicted octanol–water partition coefficient (Wildman–Crippen LogP) is 2.39. The summed E-state index contributed by atoms with van der Waals surface area (Å²) < 4.78 is 5.45. The Morgan fingerprint density at radius 3 is 2.77 bits per heavy atom. The van der Waals surface area contributed by atoms with Crippen molar-refractivity contribution in [2.75, 3.05) is 26.3 Å². The van der Waals surface area contributed by atoms with Crippen LogP contribution in [-0.4, -0.2) is 41.3 Å². The number of piperidine rings is 1. The number of aromatic nitrogens is 3. The van der Waals surface area contributed by atoms with Crippen LogP contribution in [0.2, 0.25) is 0 Å². The van der Waals surface area contributed by atoms with E-state index in [1.807, 2.05) is 6.20 Å². The quantitative estimate of drug-likeness (QED) is 0.913. The van der Waals surface area contributed by atoms with Gasteiger partial charge in [0, 0.05) is 25.8 Å². The third-order valence-electron chi connectivity index (χ3n) is 5.08. The van der Waals surface area contributed by atoms with Gasteiger partial charge in [0.05, 0.1) is 5.52 Å². The van der Waals surface area contributed by atoms with Crippen LogP contribution in [0.4, 0.5) is 0 Å². The molecule has 5 heteroatoms. The number of fused-ring (bicyclic) bond motifs is 1. The van der Waals surface area contributed by atoms with E-state index in [0.29, 0.717) is 11.8 Å². The van der Waals surface area contributed by atoms with Gasteiger partial charge in [-0.2, -0.15) is 0 Å². The Kier molecular flexibility index (Phi) is 4.08. The molecule has 22 heavy (non-hydrogen) atoms. The fourth-order valence-electron chi connectivity index (χ4n) is 3.77. The van der Waals surface area contributed by atoms with Gasteiger partial charge in [-0.15, -0.1) is 0 Å². The molecule has 2 aliphatic heterocycles. The van der Waals surface area contributed by atoms with E-state index in [0.717, 1.165) is 62.6 Å². The maximum Gasteiger partial charge on any atom is 0.177 e. The molecule has 0 bridgehead atoms. The first kappa shape index (κ1) is 14.2. The van der Waals surface area contributed by atoms with E-state index in [-0.39, 0.29) is 0 Å². The Morgan fingerprint density at radius 1 is 1.14 bits per heavy atom. The minimum absolute atomic E-state index is 0.628. The molecule has 0 saturated carbocycles. The van der Waals surface area contributed by atoms with Crippen molar-refractivity contribution < 1.29 is 4.74 Å². The van der Waals surface area contributed by atoms with Crippen molar-refractivity contribution in [2.24, 2.45) is 5.92 Å². The van der Waals surface area contributed by atoms with Crippen LogP contribution in [0.15, 0.2) is 12.3 Å². The van der Waals surface area contributed by atoms with Crippen LogP contribution in [0.1, 0.15) is 43.0 Å². The number of hydrogen-bond acceptors (Lipinski definition) is 4. The van der Waals surface area contributed by atoms with Gasteiger partial charge in [0.25, 0.3) is 0 Å². The molecule has 118 valence electrons. The van der Waals surface area contributed by atoms with Crippen LogP contribution in [0.5, 0.6) is 0 Å². The van der Waals surface area contributed by atoms with Gasteiger partial charge in [0.15, 0.2) is 5.65 Å². The summed E-state index contributed by atoms with van der Waals surface area (Å²) in [5, 5.41) is 3.44. The van der Waals surface area contributed by atoms with Crippen molar-refractivity contribution in [2.45, 2.75) is 38.0 Å². The molecule has 0 aliphatic carbocycles. The molecular formula is C17H24N4O. The number of hydrogen-bond donors (Lipinski definition) is 2. The normalized spacial score (nSPS) is 21.5. The van der Waals surface area contributed by atoms with E-state index >= 15 is 0 Å². The van der Waals surface area contributed by atoms with Gasteiger partial charge in [-0.1, -0.05) is 0 Å². The lowest BCUT2D eigenvalue weighted by molar-refractivity contribution is 0.0660. The van der Waals surface area contributed by atoms with Gasteiger partial charge in [0.1, 0.15) is 5.82 Å². The molecule has 4 heterocycles. The summed E-state index contributed by atoms with van der Waals surface area (Å²) in [6.07, 6.45) is 7.63. The lowest BCUT2D eigenvalue weighted by Gasteiger charge is -2.23. The smallest absolute Gasteiger partial charge is 0.177 e. The zero-order chi connectivity index (χ0) is 14.8. The average molecular weight is 300 g/mol. The highest BCUT2D eigenvalue weighted by molar-refractivity contribution is 5.75. The van der Waals surface area contributed by atoms with E-state index in [9.17, 15) is 0 Å². The SMILES string of the molecule is c1cc(C2CCNCC2)c2[nH]c(CC3CCOCC3)nc2n1. The largest absolute Gasteiger partial charge is 0.381 e. The molecule has 0 aromatic carbocycles. The second-order valence-corrected chi connectivity index (χ2v) is 6.57. The summed E-state index contributed by atoms with van der Waals surface area (Å²) in [7, 11) is 0. The molecule has 0 radical (unpaired) electrons. The molecule has 2 aromatic rings. The average Bonchev–Trinajstić information content (AvgIpc) is 2.99. The van der Waals surface area contributed by atoms with Crippen molar-refractivity contribution in [1.82, 2.24) is 20.3 Å². The van der Waals surface area contributed by atoms with Crippen molar-refractivity contribution in [3.63, 3.8) is 0 Å². The van der Waals surface area contributed by atoms with Crippen molar-refractivity contribution >= 4 is 11.2 Å². The van der Waals surface area contributed by atoms with Crippen molar-refractivity contribution in [1.29, 1.82) is 0 Å². The third kappa shape index (κ3) is 2.88. The molecule has 4 rings (SSSR count). The summed E-state index contributed by atoms with van der Waals surface area (Å²) in [5.41, 5.74) is 3.45. The van der Waals surface area contributed by atoms with E-state index in [4.69, 9.17) is 9.72 Å². The minimum atomic E-state index is 0.628. The minimum Gasteiger partial charge on any atom is -0.381 e. The fraction of sp³-hybridized carbons (Fsp3) is 0.647. The third-order valence-corrected chi connectivity index (χ3v) is 5.08. The van der Waals surface area contributed by atoms with Gasteiger partial charge < -0.3 is 15.0 Å². The number of aromatic amines is 1. The van der Waals surface area contributed by atoms with E-state index < -0.39 is 0 Å². The standard InChI is InChI=1S/C17H24N4O/c1-6-18-7-2-13(1)14-3-8-19-17-16(14)20-15(21-17)11-12-4-9-22-10-5-12/h3,8,12-13,18H,1-2,4-7,9-11H2,(H,19,20,21). The second kappa shape index (κ2) is 6.34. The Bertz CT molecular complexity index is 627. The van der Waals surface area contributed by atoms with Gasteiger partial charge in [-0.3, -0.25) is 0 Å². The summed E-state index contributed by atoms with van der Waals surface area (Å²) in [6.45, 7) is 4.00. The van der Waals surface area contributed by atoms with Gasteiger partial charge in [-0.25, -0.2) is 9.97 Å². The molecule has 0 amide bonds. The van der Waals surface area contributed by atoms with E-state index in [2.05, 4.69) is 21.4 Å². The Morgan fingerprint density at radius 2 is 1.95 bits per heavy atom. The number of pyridine rings is 1. The fourth-order valence-corrected chi connectivity index (χ4v) is 3.77. The topological polar surface area (TPSA) is 62.8 Å². The van der Waals surface area contributed by atoms with E-state index in [1.54, 1.807) is 0 Å². The van der Waals surface area contributed by atoms with Gasteiger partial charge in [-0.05, 0) is 62.2 Å². The van der Waals surface area contributed by atoms with Crippen LogP contribution in [0.3, 0.4) is 0 Å². The van der Waals surface area contributed by atoms with Gasteiger partial charge >= 0.3 is 0 Å². The molecule has 2 fully saturated rings. The highest BCUT2D eigenvalue weighted by Gasteiger charge is 2.21. The number of nitrogens with zero attached hydrogens (tertiary/aromatic N) is 2. The molecule has 0 spiro atoms. The van der Waals surface area contributed by atoms with Crippen LogP contribution in [-0.2, 0) is 11.2 Å². The highest BCUT2D eigenvalue weighted by Crippen LogP contribution is 2.30. The molecule has 2 N–H and O–H groups in total. The summed E-state index contributed by atoms with van der Waals surface area (Å²) >= 11 is 0. The highest BCUT2D eigenvalue weighted by atomic mass is 16.5. The summed E-state index contributed by atoms with van der Waals surface area (Å²) in [6, 6.07) is 2.18. The van der Waals surface area contributed by atoms with E-state index in [1.165, 1.54) is 18.4 Å². The van der Waals surface area contributed by atoms with Crippen LogP contribution >= 0.6 is 0 Å². The molecule has 2 aliphatic rings.